The Morgan fingerprint density at radius 1 is 1.07 bits per heavy atom. The molecule has 0 amide bonds. The monoisotopic (exact) mass is 525 g/mol. The van der Waals surface area contributed by atoms with Crippen LogP contribution in [0.2, 0.25) is 0 Å². The van der Waals surface area contributed by atoms with E-state index in [1.807, 2.05) is 22.6 Å². The Morgan fingerprint density at radius 2 is 1.78 bits per heavy atom. The van der Waals surface area contributed by atoms with Gasteiger partial charge >= 0.3 is 0 Å². The van der Waals surface area contributed by atoms with E-state index < -0.39 is 33.2 Å². The summed E-state index contributed by atoms with van der Waals surface area (Å²) in [6.07, 6.45) is 0. The minimum atomic E-state index is -4.08. The van der Waals surface area contributed by atoms with Crippen LogP contribution in [-0.2, 0) is 10.0 Å². The highest BCUT2D eigenvalue weighted by atomic mass is 127. The maximum absolute atomic E-state index is 14.3. The maximum atomic E-state index is 14.3. The number of halogens is 4. The molecule has 0 unspecified atom stereocenters. The molecule has 0 radical (unpaired) electrons. The molecular weight excluding hydrogens is 514 g/mol. The van der Waals surface area contributed by atoms with E-state index in [-0.39, 0.29) is 21.3 Å². The van der Waals surface area contributed by atoms with Crippen LogP contribution in [-0.4, -0.2) is 13.4 Å². The molecule has 0 spiro atoms. The third kappa shape index (κ3) is 4.19. The molecule has 11 heteroatoms. The number of benzene rings is 2. The lowest BCUT2D eigenvalue weighted by Crippen LogP contribution is -2.15. The summed E-state index contributed by atoms with van der Waals surface area (Å²) in [5.74, 6) is -3.24. The van der Waals surface area contributed by atoms with Gasteiger partial charge in [0.25, 0.3) is 10.0 Å². The van der Waals surface area contributed by atoms with E-state index in [0.717, 1.165) is 23.5 Å². The quantitative estimate of drug-likeness (QED) is 0.460. The molecule has 5 nitrogen and oxygen atoms in total. The lowest BCUT2D eigenvalue weighted by atomic mass is 10.2. The molecule has 1 heterocycles. The summed E-state index contributed by atoms with van der Waals surface area (Å²) < 4.78 is 70.0. The summed E-state index contributed by atoms with van der Waals surface area (Å²) in [5.41, 5.74) is 0.707. The molecule has 0 aliphatic heterocycles. The number of aryl methyl sites for hydroxylation is 1. The molecule has 0 aliphatic rings. The van der Waals surface area contributed by atoms with Crippen molar-refractivity contribution in [1.82, 2.24) is 4.98 Å². The standard InChI is InChI=1S/C16H11F3IN3O2S2/c1-8-16(26-7-21-8)27(24,25)23-13-5-3-10(17)14(19)15(13)22-12-4-2-9(20)6-11(12)18/h2-7,22-23H,1H3. The molecule has 0 bridgehead atoms. The number of anilines is 3. The van der Waals surface area contributed by atoms with Crippen molar-refractivity contribution in [2.24, 2.45) is 0 Å². The van der Waals surface area contributed by atoms with Crippen LogP contribution in [0.15, 0.2) is 40.1 Å². The molecule has 3 aromatic rings. The highest BCUT2D eigenvalue weighted by Gasteiger charge is 2.23. The zero-order valence-corrected chi connectivity index (χ0v) is 17.3. The summed E-state index contributed by atoms with van der Waals surface area (Å²) in [7, 11) is -4.08. The van der Waals surface area contributed by atoms with Crippen LogP contribution in [0.1, 0.15) is 5.69 Å². The predicted molar refractivity (Wildman–Crippen MR) is 106 cm³/mol. The minimum Gasteiger partial charge on any atom is -0.349 e. The first-order valence-electron chi connectivity index (χ1n) is 7.32. The second kappa shape index (κ2) is 7.64. The highest BCUT2D eigenvalue weighted by molar-refractivity contribution is 14.1. The summed E-state index contributed by atoms with van der Waals surface area (Å²) in [6, 6.07) is 5.94. The van der Waals surface area contributed by atoms with Crippen LogP contribution < -0.4 is 10.0 Å². The Hall–Kier alpha value is -1.86. The number of aromatic nitrogens is 1. The molecule has 0 fully saturated rings. The number of nitrogens with zero attached hydrogens (tertiary/aromatic N) is 1. The predicted octanol–water partition coefficient (Wildman–Crippen LogP) is 5.02. The van der Waals surface area contributed by atoms with Crippen molar-refractivity contribution in [1.29, 1.82) is 0 Å². The fraction of sp³-hybridized carbons (Fsp3) is 0.0625. The Bertz CT molecular complexity index is 1120. The van der Waals surface area contributed by atoms with Gasteiger partial charge in [-0.25, -0.2) is 26.6 Å². The molecule has 0 atom stereocenters. The average molecular weight is 525 g/mol. The zero-order chi connectivity index (χ0) is 19.8. The Morgan fingerprint density at radius 3 is 2.41 bits per heavy atom. The van der Waals surface area contributed by atoms with Crippen molar-refractivity contribution in [3.05, 3.63) is 62.6 Å². The fourth-order valence-corrected chi connectivity index (χ4v) is 4.96. The number of hydrogen-bond acceptors (Lipinski definition) is 5. The van der Waals surface area contributed by atoms with E-state index >= 15 is 0 Å². The van der Waals surface area contributed by atoms with Crippen molar-refractivity contribution < 1.29 is 21.6 Å². The maximum Gasteiger partial charge on any atom is 0.273 e. The SMILES string of the molecule is Cc1ncsc1S(=O)(=O)Nc1ccc(F)c(F)c1Nc1ccc(I)cc1F. The van der Waals surface area contributed by atoms with Gasteiger partial charge in [-0.2, -0.15) is 0 Å². The minimum absolute atomic E-state index is 0.0568. The van der Waals surface area contributed by atoms with Gasteiger partial charge in [-0.05, 0) is 59.8 Å². The second-order valence-corrected chi connectivity index (χ2v) is 9.34. The Balaban J connectivity index is 2.04. The summed E-state index contributed by atoms with van der Waals surface area (Å²) in [5, 5.41) is 2.43. The van der Waals surface area contributed by atoms with Crippen LogP contribution in [0.4, 0.5) is 30.2 Å². The number of rotatable bonds is 5. The van der Waals surface area contributed by atoms with Gasteiger partial charge in [0, 0.05) is 3.57 Å². The van der Waals surface area contributed by atoms with E-state index in [4.69, 9.17) is 0 Å². The molecule has 142 valence electrons. The van der Waals surface area contributed by atoms with Crippen molar-refractivity contribution in [3.8, 4) is 0 Å². The molecule has 0 saturated heterocycles. The van der Waals surface area contributed by atoms with Crippen LogP contribution in [0, 0.1) is 27.9 Å². The van der Waals surface area contributed by atoms with E-state index in [0.29, 0.717) is 3.57 Å². The summed E-state index contributed by atoms with van der Waals surface area (Å²) >= 11 is 2.79. The lowest BCUT2D eigenvalue weighted by Gasteiger charge is -2.15. The van der Waals surface area contributed by atoms with Gasteiger partial charge < -0.3 is 5.32 Å². The summed E-state index contributed by atoms with van der Waals surface area (Å²) in [4.78, 5) is 3.87. The van der Waals surface area contributed by atoms with Gasteiger partial charge in [0.05, 0.1) is 22.6 Å². The molecule has 0 aliphatic carbocycles. The molecule has 2 aromatic carbocycles. The van der Waals surface area contributed by atoms with Crippen LogP contribution >= 0.6 is 33.9 Å². The van der Waals surface area contributed by atoms with Gasteiger partial charge in [-0.3, -0.25) is 4.72 Å². The van der Waals surface area contributed by atoms with E-state index in [2.05, 4.69) is 15.0 Å². The number of sulfonamides is 1. The smallest absolute Gasteiger partial charge is 0.273 e. The average Bonchev–Trinajstić information content (AvgIpc) is 3.03. The van der Waals surface area contributed by atoms with Gasteiger partial charge in [-0.1, -0.05) is 0 Å². The molecule has 3 rings (SSSR count). The third-order valence-corrected chi connectivity index (χ3v) is 7.09. The van der Waals surface area contributed by atoms with Crippen molar-refractivity contribution >= 4 is 61.0 Å². The summed E-state index contributed by atoms with van der Waals surface area (Å²) in [6.45, 7) is 1.51. The Kier molecular flexibility index (Phi) is 5.63. The Labute approximate surface area is 170 Å². The largest absolute Gasteiger partial charge is 0.349 e. The topological polar surface area (TPSA) is 71.1 Å². The van der Waals surface area contributed by atoms with Crippen molar-refractivity contribution in [2.75, 3.05) is 10.0 Å². The molecular formula is C16H11F3IN3O2S2. The molecule has 27 heavy (non-hydrogen) atoms. The number of thiazole rings is 1. The molecule has 2 N–H and O–H groups in total. The first-order chi connectivity index (χ1) is 12.7. The van der Waals surface area contributed by atoms with Gasteiger partial charge in [-0.15, -0.1) is 11.3 Å². The van der Waals surface area contributed by atoms with Crippen LogP contribution in [0.5, 0.6) is 0 Å². The first kappa shape index (κ1) is 19.9. The molecule has 0 saturated carbocycles. The fourth-order valence-electron chi connectivity index (χ4n) is 2.22. The third-order valence-electron chi connectivity index (χ3n) is 3.48. The first-order valence-corrected chi connectivity index (χ1v) is 10.8. The molecule has 1 aromatic heterocycles. The normalized spacial score (nSPS) is 11.4. The van der Waals surface area contributed by atoms with Crippen LogP contribution in [0.3, 0.4) is 0 Å². The zero-order valence-electron chi connectivity index (χ0n) is 13.6. The van der Waals surface area contributed by atoms with E-state index in [9.17, 15) is 21.6 Å². The van der Waals surface area contributed by atoms with Crippen molar-refractivity contribution in [2.45, 2.75) is 11.1 Å². The highest BCUT2D eigenvalue weighted by Crippen LogP contribution is 2.34. The van der Waals surface area contributed by atoms with Gasteiger partial charge in [0.1, 0.15) is 11.5 Å². The second-order valence-electron chi connectivity index (χ2n) is 5.36. The van der Waals surface area contributed by atoms with Crippen molar-refractivity contribution in [3.63, 3.8) is 0 Å². The van der Waals surface area contributed by atoms with Gasteiger partial charge in [0.15, 0.2) is 15.8 Å². The van der Waals surface area contributed by atoms with Gasteiger partial charge in [0.2, 0.25) is 0 Å². The van der Waals surface area contributed by atoms with E-state index in [1.165, 1.54) is 24.6 Å². The van der Waals surface area contributed by atoms with E-state index in [1.54, 1.807) is 6.07 Å². The number of hydrogen-bond donors (Lipinski definition) is 2. The van der Waals surface area contributed by atoms with Crippen LogP contribution in [0.25, 0.3) is 0 Å². The lowest BCUT2D eigenvalue weighted by molar-refractivity contribution is 0.512. The number of nitrogens with one attached hydrogen (secondary N) is 2.